The molecule has 1 heterocycles. The Labute approximate surface area is 116 Å². The summed E-state index contributed by atoms with van der Waals surface area (Å²) in [6, 6.07) is 7.48. The topological polar surface area (TPSA) is 70.3 Å². The molecule has 0 aliphatic heterocycles. The van der Waals surface area contributed by atoms with Gasteiger partial charge in [-0.1, -0.05) is 23.7 Å². The van der Waals surface area contributed by atoms with E-state index in [1.165, 1.54) is 6.33 Å². The van der Waals surface area contributed by atoms with Crippen LogP contribution < -0.4 is 10.5 Å². The third-order valence-electron chi connectivity index (χ3n) is 2.50. The number of ether oxygens (including phenoxy) is 2. The molecule has 1 aromatic carbocycles. The van der Waals surface area contributed by atoms with Crippen LogP contribution in [0.5, 0.6) is 5.75 Å². The maximum absolute atomic E-state index is 6.13. The first-order valence-electron chi connectivity index (χ1n) is 5.71. The second-order valence-corrected chi connectivity index (χ2v) is 4.14. The van der Waals surface area contributed by atoms with Crippen molar-refractivity contribution in [3.63, 3.8) is 0 Å². The van der Waals surface area contributed by atoms with Gasteiger partial charge in [0.1, 0.15) is 29.5 Å². The van der Waals surface area contributed by atoms with E-state index in [1.807, 2.05) is 24.3 Å². The number of hydrogen-bond acceptors (Lipinski definition) is 5. The average Bonchev–Trinajstić information content (AvgIpc) is 2.43. The minimum atomic E-state index is 0.248. The number of nitrogens with two attached hydrogens (primary N) is 1. The van der Waals surface area contributed by atoms with E-state index in [1.54, 1.807) is 7.11 Å². The van der Waals surface area contributed by atoms with Crippen molar-refractivity contribution in [2.75, 3.05) is 26.1 Å². The van der Waals surface area contributed by atoms with Gasteiger partial charge >= 0.3 is 0 Å². The van der Waals surface area contributed by atoms with Gasteiger partial charge in [-0.15, -0.1) is 0 Å². The van der Waals surface area contributed by atoms with Gasteiger partial charge in [0, 0.05) is 12.7 Å². The zero-order valence-corrected chi connectivity index (χ0v) is 11.2. The second-order valence-electron chi connectivity index (χ2n) is 3.76. The van der Waals surface area contributed by atoms with Gasteiger partial charge in [-0.3, -0.25) is 0 Å². The van der Waals surface area contributed by atoms with E-state index in [0.717, 1.165) is 5.56 Å². The van der Waals surface area contributed by atoms with E-state index in [2.05, 4.69) is 9.97 Å². The first-order chi connectivity index (χ1) is 9.24. The number of nitrogen functional groups attached to an aromatic ring is 1. The molecule has 0 radical (unpaired) electrons. The Kier molecular flexibility index (Phi) is 4.54. The fourth-order valence-electron chi connectivity index (χ4n) is 1.59. The molecule has 1 aromatic heterocycles. The lowest BCUT2D eigenvalue weighted by Crippen LogP contribution is -2.05. The number of hydrogen-bond donors (Lipinski definition) is 1. The molecule has 0 aliphatic rings. The standard InChI is InChI=1S/C13H14ClN3O2/c1-18-6-7-19-10-5-3-2-4-9(10)12-11(14)13(15)17-8-16-12/h2-5,8H,6-7H2,1H3,(H2,15,16,17). The highest BCUT2D eigenvalue weighted by atomic mass is 35.5. The predicted molar refractivity (Wildman–Crippen MR) is 74.3 cm³/mol. The highest BCUT2D eigenvalue weighted by molar-refractivity contribution is 6.35. The average molecular weight is 280 g/mol. The Hall–Kier alpha value is -1.85. The van der Waals surface area contributed by atoms with Crippen LogP contribution in [-0.2, 0) is 4.74 Å². The molecule has 0 unspecified atom stereocenters. The third kappa shape index (κ3) is 3.13. The summed E-state index contributed by atoms with van der Waals surface area (Å²) in [6.07, 6.45) is 1.38. The zero-order chi connectivity index (χ0) is 13.7. The molecule has 0 aliphatic carbocycles. The first-order valence-corrected chi connectivity index (χ1v) is 6.09. The number of benzene rings is 1. The van der Waals surface area contributed by atoms with E-state index < -0.39 is 0 Å². The quantitative estimate of drug-likeness (QED) is 0.851. The summed E-state index contributed by atoms with van der Waals surface area (Å²) in [4.78, 5) is 8.01. The van der Waals surface area contributed by atoms with Gasteiger partial charge in [-0.05, 0) is 12.1 Å². The van der Waals surface area contributed by atoms with Crippen LogP contribution in [0.25, 0.3) is 11.3 Å². The minimum Gasteiger partial charge on any atom is -0.490 e. The number of rotatable bonds is 5. The number of para-hydroxylation sites is 1. The summed E-state index contributed by atoms with van der Waals surface area (Å²) in [6.45, 7) is 0.958. The van der Waals surface area contributed by atoms with Crippen molar-refractivity contribution in [1.82, 2.24) is 9.97 Å². The van der Waals surface area contributed by atoms with E-state index >= 15 is 0 Å². The fourth-order valence-corrected chi connectivity index (χ4v) is 1.79. The SMILES string of the molecule is COCCOc1ccccc1-c1ncnc(N)c1Cl. The van der Waals surface area contributed by atoms with Crippen LogP contribution in [0.15, 0.2) is 30.6 Å². The van der Waals surface area contributed by atoms with Gasteiger partial charge < -0.3 is 15.2 Å². The van der Waals surface area contributed by atoms with Crippen LogP contribution >= 0.6 is 11.6 Å². The van der Waals surface area contributed by atoms with Crippen molar-refractivity contribution in [3.05, 3.63) is 35.6 Å². The molecule has 0 fully saturated rings. The molecule has 0 atom stereocenters. The van der Waals surface area contributed by atoms with Crippen molar-refractivity contribution < 1.29 is 9.47 Å². The van der Waals surface area contributed by atoms with Crippen molar-refractivity contribution in [3.8, 4) is 17.0 Å². The monoisotopic (exact) mass is 279 g/mol. The maximum atomic E-state index is 6.13. The van der Waals surface area contributed by atoms with Gasteiger partial charge in [-0.25, -0.2) is 9.97 Å². The predicted octanol–water partition coefficient (Wildman–Crippen LogP) is 2.40. The van der Waals surface area contributed by atoms with Crippen LogP contribution in [0, 0.1) is 0 Å². The largest absolute Gasteiger partial charge is 0.490 e. The van der Waals surface area contributed by atoms with Gasteiger partial charge in [0.05, 0.1) is 12.3 Å². The first kappa shape index (κ1) is 13.6. The number of methoxy groups -OCH3 is 1. The molecule has 0 saturated carbocycles. The van der Waals surface area contributed by atoms with Crippen molar-refractivity contribution in [2.24, 2.45) is 0 Å². The van der Waals surface area contributed by atoms with Gasteiger partial charge in [0.2, 0.25) is 0 Å². The van der Waals surface area contributed by atoms with Crippen molar-refractivity contribution >= 4 is 17.4 Å². The van der Waals surface area contributed by atoms with Crippen LogP contribution in [0.2, 0.25) is 5.02 Å². The molecular formula is C13H14ClN3O2. The lowest BCUT2D eigenvalue weighted by molar-refractivity contribution is 0.146. The lowest BCUT2D eigenvalue weighted by atomic mass is 10.1. The summed E-state index contributed by atoms with van der Waals surface area (Å²) in [5, 5.41) is 0.324. The Bertz CT molecular complexity index is 563. The van der Waals surface area contributed by atoms with E-state index in [9.17, 15) is 0 Å². The minimum absolute atomic E-state index is 0.248. The third-order valence-corrected chi connectivity index (χ3v) is 2.88. The maximum Gasteiger partial charge on any atom is 0.146 e. The van der Waals surface area contributed by atoms with Crippen LogP contribution in [0.4, 0.5) is 5.82 Å². The molecule has 0 amide bonds. The second kappa shape index (κ2) is 6.36. The molecule has 5 nitrogen and oxygen atoms in total. The Balaban J connectivity index is 2.36. The van der Waals surface area contributed by atoms with Crippen molar-refractivity contribution in [2.45, 2.75) is 0 Å². The Morgan fingerprint density at radius 2 is 2.00 bits per heavy atom. The normalized spacial score (nSPS) is 10.4. The van der Waals surface area contributed by atoms with Gasteiger partial charge in [0.15, 0.2) is 0 Å². The van der Waals surface area contributed by atoms with Crippen LogP contribution in [-0.4, -0.2) is 30.3 Å². The fraction of sp³-hybridized carbons (Fsp3) is 0.231. The lowest BCUT2D eigenvalue weighted by Gasteiger charge is -2.12. The number of halogens is 1. The molecule has 19 heavy (non-hydrogen) atoms. The van der Waals surface area contributed by atoms with Crippen molar-refractivity contribution in [1.29, 1.82) is 0 Å². The molecule has 100 valence electrons. The van der Waals surface area contributed by atoms with Gasteiger partial charge in [-0.2, -0.15) is 0 Å². The summed E-state index contributed by atoms with van der Waals surface area (Å²) in [5.41, 5.74) is 7.02. The summed E-state index contributed by atoms with van der Waals surface area (Å²) in [7, 11) is 1.62. The highest BCUT2D eigenvalue weighted by Gasteiger charge is 2.13. The van der Waals surface area contributed by atoms with E-state index in [0.29, 0.717) is 29.7 Å². The highest BCUT2D eigenvalue weighted by Crippen LogP contribution is 2.34. The van der Waals surface area contributed by atoms with Crippen LogP contribution in [0.1, 0.15) is 0 Å². The van der Waals surface area contributed by atoms with Gasteiger partial charge in [0.25, 0.3) is 0 Å². The Morgan fingerprint density at radius 3 is 2.79 bits per heavy atom. The molecule has 0 spiro atoms. The molecule has 2 N–H and O–H groups in total. The van der Waals surface area contributed by atoms with Crippen LogP contribution in [0.3, 0.4) is 0 Å². The molecular weight excluding hydrogens is 266 g/mol. The smallest absolute Gasteiger partial charge is 0.146 e. The number of aromatic nitrogens is 2. The summed E-state index contributed by atoms with van der Waals surface area (Å²) < 4.78 is 10.6. The molecule has 2 aromatic rings. The molecule has 2 rings (SSSR count). The summed E-state index contributed by atoms with van der Waals surface area (Å²) in [5.74, 6) is 0.929. The van der Waals surface area contributed by atoms with E-state index in [4.69, 9.17) is 26.8 Å². The zero-order valence-electron chi connectivity index (χ0n) is 10.5. The summed E-state index contributed by atoms with van der Waals surface area (Å²) >= 11 is 6.13. The van der Waals surface area contributed by atoms with E-state index in [-0.39, 0.29) is 5.82 Å². The molecule has 0 saturated heterocycles. The number of nitrogens with zero attached hydrogens (tertiary/aromatic N) is 2. The number of anilines is 1. The molecule has 0 bridgehead atoms. The Morgan fingerprint density at radius 1 is 1.21 bits per heavy atom. The molecule has 6 heteroatoms.